The minimum absolute atomic E-state index is 0. The monoisotopic (exact) mass is 346 g/mol. The Labute approximate surface area is 148 Å². The molecule has 2 heterocycles. The maximum atomic E-state index is 12.8. The Kier molecular flexibility index (Phi) is 6.58. The fourth-order valence-electron chi connectivity index (χ4n) is 2.81. The Morgan fingerprint density at radius 2 is 2.17 bits per heavy atom. The molecule has 6 heteroatoms. The third-order valence-electron chi connectivity index (χ3n) is 4.02. The summed E-state index contributed by atoms with van der Waals surface area (Å²) in [5, 5.41) is 6.72. The van der Waals surface area contributed by atoms with E-state index in [0.717, 1.165) is 36.4 Å². The maximum absolute atomic E-state index is 12.8. The zero-order chi connectivity index (χ0) is 16.1. The fourth-order valence-corrected chi connectivity index (χ4v) is 2.81. The maximum Gasteiger partial charge on any atom is 0.256 e. The average molecular weight is 347 g/mol. The molecule has 1 aromatic heterocycles. The Morgan fingerprint density at radius 3 is 2.92 bits per heavy atom. The Balaban J connectivity index is 0.00000208. The number of carbonyl (C=O) groups excluding carboxylic acids is 1. The van der Waals surface area contributed by atoms with Crippen LogP contribution in [0.25, 0.3) is 0 Å². The van der Waals surface area contributed by atoms with Gasteiger partial charge < -0.3 is 15.5 Å². The summed E-state index contributed by atoms with van der Waals surface area (Å²) in [6, 6.07) is 12.0. The average Bonchev–Trinajstić information content (AvgIpc) is 2.60. The van der Waals surface area contributed by atoms with Gasteiger partial charge in [0, 0.05) is 50.3 Å². The molecule has 2 aromatic rings. The number of amides is 1. The van der Waals surface area contributed by atoms with Crippen LogP contribution in [0.3, 0.4) is 0 Å². The van der Waals surface area contributed by atoms with Gasteiger partial charge >= 0.3 is 0 Å². The lowest BCUT2D eigenvalue weighted by Crippen LogP contribution is -2.51. The Hall–Kier alpha value is -2.11. The third kappa shape index (κ3) is 4.46. The molecule has 1 atom stereocenters. The van der Waals surface area contributed by atoms with E-state index in [2.05, 4.69) is 22.5 Å². The number of anilines is 1. The van der Waals surface area contributed by atoms with Gasteiger partial charge in [-0.2, -0.15) is 0 Å². The quantitative estimate of drug-likeness (QED) is 0.893. The predicted octanol–water partition coefficient (Wildman–Crippen LogP) is 2.55. The molecule has 1 aliphatic heterocycles. The number of para-hydroxylation sites is 1. The van der Waals surface area contributed by atoms with Gasteiger partial charge in [-0.05, 0) is 30.7 Å². The summed E-state index contributed by atoms with van der Waals surface area (Å²) in [5.41, 5.74) is 2.68. The number of hydrogen-bond donors (Lipinski definition) is 2. The highest BCUT2D eigenvalue weighted by Gasteiger charge is 2.23. The van der Waals surface area contributed by atoms with Crippen LogP contribution < -0.4 is 10.6 Å². The highest BCUT2D eigenvalue weighted by molar-refractivity contribution is 5.99. The van der Waals surface area contributed by atoms with Crippen molar-refractivity contribution in [3.05, 3.63) is 59.9 Å². The normalized spacial score (nSPS) is 17.0. The zero-order valence-electron chi connectivity index (χ0n) is 13.7. The van der Waals surface area contributed by atoms with Crippen molar-refractivity contribution in [2.24, 2.45) is 0 Å². The number of pyridine rings is 1. The van der Waals surface area contributed by atoms with E-state index in [1.165, 1.54) is 0 Å². The molecule has 1 aromatic carbocycles. The number of hydrogen-bond acceptors (Lipinski definition) is 4. The first kappa shape index (κ1) is 18.2. The van der Waals surface area contributed by atoms with Crippen LogP contribution in [0.2, 0.25) is 0 Å². The molecule has 5 nitrogen and oxygen atoms in total. The van der Waals surface area contributed by atoms with E-state index < -0.39 is 0 Å². The molecule has 1 saturated heterocycles. The van der Waals surface area contributed by atoms with Gasteiger partial charge in [0.1, 0.15) is 0 Å². The molecule has 0 spiro atoms. The number of rotatable bonds is 4. The van der Waals surface area contributed by atoms with Crippen LogP contribution in [-0.2, 0) is 6.54 Å². The molecule has 0 radical (unpaired) electrons. The molecule has 0 aliphatic carbocycles. The van der Waals surface area contributed by atoms with Crippen LogP contribution in [-0.4, -0.2) is 41.5 Å². The van der Waals surface area contributed by atoms with Crippen LogP contribution >= 0.6 is 12.4 Å². The number of carbonyl (C=O) groups is 1. The second kappa shape index (κ2) is 8.66. The van der Waals surface area contributed by atoms with Crippen molar-refractivity contribution in [2.45, 2.75) is 19.5 Å². The van der Waals surface area contributed by atoms with E-state index in [0.29, 0.717) is 12.6 Å². The van der Waals surface area contributed by atoms with E-state index in [-0.39, 0.29) is 18.3 Å². The Bertz CT molecular complexity index is 665. The number of piperazine rings is 1. The van der Waals surface area contributed by atoms with Gasteiger partial charge in [-0.25, -0.2) is 0 Å². The molecule has 24 heavy (non-hydrogen) atoms. The van der Waals surface area contributed by atoms with Crippen LogP contribution in [0.5, 0.6) is 0 Å². The summed E-state index contributed by atoms with van der Waals surface area (Å²) in [5.74, 6) is 0.0904. The van der Waals surface area contributed by atoms with E-state index in [1.54, 1.807) is 6.20 Å². The molecule has 0 saturated carbocycles. The summed E-state index contributed by atoms with van der Waals surface area (Å²) in [4.78, 5) is 18.9. The summed E-state index contributed by atoms with van der Waals surface area (Å²) in [6.07, 6.45) is 3.59. The molecular formula is C18H23ClN4O. The molecule has 0 bridgehead atoms. The largest absolute Gasteiger partial charge is 0.380 e. The topological polar surface area (TPSA) is 57.3 Å². The Morgan fingerprint density at radius 1 is 1.33 bits per heavy atom. The van der Waals surface area contributed by atoms with Crippen molar-refractivity contribution in [1.82, 2.24) is 15.2 Å². The fraction of sp³-hybridized carbons (Fsp3) is 0.333. The summed E-state index contributed by atoms with van der Waals surface area (Å²) in [6.45, 7) is 5.09. The number of halogens is 1. The highest BCUT2D eigenvalue weighted by Crippen LogP contribution is 2.19. The van der Waals surface area contributed by atoms with Crippen LogP contribution in [0.1, 0.15) is 22.8 Å². The smallest absolute Gasteiger partial charge is 0.256 e. The summed E-state index contributed by atoms with van der Waals surface area (Å²) in [7, 11) is 0. The lowest BCUT2D eigenvalue weighted by molar-refractivity contribution is 0.0710. The first-order valence-corrected chi connectivity index (χ1v) is 7.98. The second-order valence-electron chi connectivity index (χ2n) is 5.87. The van der Waals surface area contributed by atoms with Gasteiger partial charge in [-0.1, -0.05) is 18.2 Å². The van der Waals surface area contributed by atoms with E-state index in [4.69, 9.17) is 0 Å². The van der Waals surface area contributed by atoms with Crippen molar-refractivity contribution in [3.63, 3.8) is 0 Å². The van der Waals surface area contributed by atoms with E-state index >= 15 is 0 Å². The molecule has 1 fully saturated rings. The molecule has 128 valence electrons. The summed E-state index contributed by atoms with van der Waals surface area (Å²) >= 11 is 0. The van der Waals surface area contributed by atoms with Crippen molar-refractivity contribution in [3.8, 4) is 0 Å². The third-order valence-corrected chi connectivity index (χ3v) is 4.02. The van der Waals surface area contributed by atoms with Crippen molar-refractivity contribution < 1.29 is 4.79 Å². The predicted molar refractivity (Wildman–Crippen MR) is 98.6 cm³/mol. The molecule has 1 aliphatic rings. The van der Waals surface area contributed by atoms with Gasteiger partial charge in [0.2, 0.25) is 0 Å². The number of benzene rings is 1. The standard InChI is InChI=1S/C18H22N4O.ClH/c1-14-13-22(10-9-20-14)18(23)16-6-2-3-7-17(16)21-12-15-5-4-8-19-11-15;/h2-8,11,14,20-21H,9-10,12-13H2,1H3;1H/t14-;/m1./s1. The van der Waals surface area contributed by atoms with Crippen LogP contribution in [0.15, 0.2) is 48.8 Å². The van der Waals surface area contributed by atoms with Crippen molar-refractivity contribution in [1.29, 1.82) is 0 Å². The zero-order valence-corrected chi connectivity index (χ0v) is 14.6. The first-order valence-electron chi connectivity index (χ1n) is 7.98. The van der Waals surface area contributed by atoms with Crippen molar-refractivity contribution in [2.75, 3.05) is 25.0 Å². The minimum atomic E-state index is 0. The van der Waals surface area contributed by atoms with Gasteiger partial charge in [0.05, 0.1) is 5.56 Å². The number of nitrogens with one attached hydrogen (secondary N) is 2. The van der Waals surface area contributed by atoms with Gasteiger partial charge in [-0.15, -0.1) is 12.4 Å². The second-order valence-corrected chi connectivity index (χ2v) is 5.87. The number of aromatic nitrogens is 1. The van der Waals surface area contributed by atoms with E-state index in [9.17, 15) is 4.79 Å². The van der Waals surface area contributed by atoms with Crippen LogP contribution in [0, 0.1) is 0 Å². The minimum Gasteiger partial charge on any atom is -0.380 e. The van der Waals surface area contributed by atoms with Crippen LogP contribution in [0.4, 0.5) is 5.69 Å². The molecule has 3 rings (SSSR count). The number of nitrogens with zero attached hydrogens (tertiary/aromatic N) is 2. The molecule has 1 amide bonds. The van der Waals surface area contributed by atoms with Gasteiger partial charge in [-0.3, -0.25) is 9.78 Å². The highest BCUT2D eigenvalue weighted by atomic mass is 35.5. The van der Waals surface area contributed by atoms with Gasteiger partial charge in [0.25, 0.3) is 5.91 Å². The summed E-state index contributed by atoms with van der Waals surface area (Å²) < 4.78 is 0. The lowest BCUT2D eigenvalue weighted by atomic mass is 10.1. The van der Waals surface area contributed by atoms with Crippen molar-refractivity contribution >= 4 is 24.0 Å². The first-order chi connectivity index (χ1) is 11.2. The van der Waals surface area contributed by atoms with Gasteiger partial charge in [0.15, 0.2) is 0 Å². The SMILES string of the molecule is C[C@@H]1CN(C(=O)c2ccccc2NCc2cccnc2)CCN1.Cl. The van der Waals surface area contributed by atoms with E-state index in [1.807, 2.05) is 47.5 Å². The lowest BCUT2D eigenvalue weighted by Gasteiger charge is -2.32. The molecular weight excluding hydrogens is 324 g/mol. The molecule has 2 N–H and O–H groups in total. The molecule has 0 unspecified atom stereocenters.